The first-order chi connectivity index (χ1) is 12.7. The van der Waals surface area contributed by atoms with Gasteiger partial charge in [-0.2, -0.15) is 0 Å². The largest absolute Gasteiger partial charge is 0.381 e. The van der Waals surface area contributed by atoms with Crippen molar-refractivity contribution in [2.24, 2.45) is 10.9 Å². The number of hydrogen-bond donors (Lipinski definition) is 2. The van der Waals surface area contributed by atoms with Crippen molar-refractivity contribution >= 4 is 29.9 Å². The van der Waals surface area contributed by atoms with Crippen molar-refractivity contribution in [1.82, 2.24) is 20.4 Å². The first-order valence-electron chi connectivity index (χ1n) is 10.7. The molecule has 0 aromatic carbocycles. The molecule has 0 spiro atoms. The van der Waals surface area contributed by atoms with Crippen LogP contribution >= 0.6 is 24.0 Å². The number of guanidine groups is 1. The van der Waals surface area contributed by atoms with Gasteiger partial charge in [0.1, 0.15) is 0 Å². The Bertz CT molecular complexity index is 360. The molecule has 0 saturated carbocycles. The standard InChI is InChI=1S/C20H43N5O.HI/c1-5-21-20(23-11-9-17-26-18-19(3)4)22-10-7-8-12-25-15-13-24(6-2)14-16-25;/h19H,5-18H2,1-4H3,(H2,21,22,23);1H. The average molecular weight is 498 g/mol. The van der Waals surface area contributed by atoms with Crippen LogP contribution in [0.15, 0.2) is 4.99 Å². The van der Waals surface area contributed by atoms with Gasteiger partial charge in [0, 0.05) is 59.0 Å². The molecule has 1 heterocycles. The Hall–Kier alpha value is -0.120. The number of unbranched alkanes of at least 4 members (excludes halogenated alkanes) is 1. The summed E-state index contributed by atoms with van der Waals surface area (Å²) in [6.07, 6.45) is 3.42. The van der Waals surface area contributed by atoms with Crippen molar-refractivity contribution in [2.45, 2.75) is 47.0 Å². The molecule has 0 bridgehead atoms. The van der Waals surface area contributed by atoms with Gasteiger partial charge in [0.05, 0.1) is 0 Å². The third-order valence-corrected chi connectivity index (χ3v) is 4.62. The number of piperazine rings is 1. The quantitative estimate of drug-likeness (QED) is 0.177. The van der Waals surface area contributed by atoms with Crippen molar-refractivity contribution < 1.29 is 4.74 Å². The Morgan fingerprint density at radius 2 is 1.70 bits per heavy atom. The SMILES string of the molecule is CCNC(=NCCCOCC(C)C)NCCCCN1CCN(CC)CC1.I. The first kappa shape index (κ1) is 26.9. The Balaban J connectivity index is 0.00000676. The van der Waals surface area contributed by atoms with Crippen molar-refractivity contribution in [3.8, 4) is 0 Å². The molecule has 1 rings (SSSR count). The molecule has 0 aromatic heterocycles. The molecule has 0 atom stereocenters. The number of nitrogens with one attached hydrogen (secondary N) is 2. The van der Waals surface area contributed by atoms with E-state index in [0.717, 1.165) is 45.2 Å². The maximum atomic E-state index is 5.60. The van der Waals surface area contributed by atoms with E-state index in [9.17, 15) is 0 Å². The van der Waals surface area contributed by atoms with Crippen LogP contribution in [0.4, 0.5) is 0 Å². The summed E-state index contributed by atoms with van der Waals surface area (Å²) in [6.45, 7) is 20.4. The lowest BCUT2D eigenvalue weighted by Gasteiger charge is -2.34. The molecule has 1 saturated heterocycles. The van der Waals surface area contributed by atoms with Gasteiger partial charge in [-0.25, -0.2) is 0 Å². The zero-order valence-electron chi connectivity index (χ0n) is 18.1. The minimum atomic E-state index is 0. The summed E-state index contributed by atoms with van der Waals surface area (Å²) < 4.78 is 5.60. The Morgan fingerprint density at radius 3 is 2.33 bits per heavy atom. The summed E-state index contributed by atoms with van der Waals surface area (Å²) >= 11 is 0. The first-order valence-corrected chi connectivity index (χ1v) is 10.7. The number of aliphatic imine (C=N–C) groups is 1. The average Bonchev–Trinajstić information content (AvgIpc) is 2.64. The van der Waals surface area contributed by atoms with Gasteiger partial charge in [0.25, 0.3) is 0 Å². The lowest BCUT2D eigenvalue weighted by molar-refractivity contribution is 0.109. The molecule has 0 aliphatic carbocycles. The molecule has 7 heteroatoms. The highest BCUT2D eigenvalue weighted by atomic mass is 127. The van der Waals surface area contributed by atoms with Crippen LogP contribution in [0.2, 0.25) is 0 Å². The molecule has 0 amide bonds. The van der Waals surface area contributed by atoms with Crippen molar-refractivity contribution in [3.05, 3.63) is 0 Å². The van der Waals surface area contributed by atoms with Crippen LogP contribution in [0.3, 0.4) is 0 Å². The summed E-state index contributed by atoms with van der Waals surface area (Å²) in [4.78, 5) is 9.77. The summed E-state index contributed by atoms with van der Waals surface area (Å²) in [5.41, 5.74) is 0. The van der Waals surface area contributed by atoms with Gasteiger partial charge >= 0.3 is 0 Å². The van der Waals surface area contributed by atoms with Gasteiger partial charge in [-0.3, -0.25) is 4.99 Å². The third-order valence-electron chi connectivity index (χ3n) is 4.62. The van der Waals surface area contributed by atoms with Crippen LogP contribution in [-0.2, 0) is 4.74 Å². The fourth-order valence-electron chi connectivity index (χ4n) is 3.01. The topological polar surface area (TPSA) is 52.1 Å². The predicted molar refractivity (Wildman–Crippen MR) is 127 cm³/mol. The van der Waals surface area contributed by atoms with Crippen molar-refractivity contribution in [2.75, 3.05) is 72.1 Å². The van der Waals surface area contributed by atoms with Crippen LogP contribution in [0.5, 0.6) is 0 Å². The molecular weight excluding hydrogens is 453 g/mol. The maximum absolute atomic E-state index is 5.60. The number of nitrogens with zero attached hydrogens (tertiary/aromatic N) is 3. The summed E-state index contributed by atoms with van der Waals surface area (Å²) in [7, 11) is 0. The number of likely N-dealkylation sites (N-methyl/N-ethyl adjacent to an activating group) is 1. The molecule has 27 heavy (non-hydrogen) atoms. The monoisotopic (exact) mass is 497 g/mol. The van der Waals surface area contributed by atoms with Crippen LogP contribution in [0, 0.1) is 5.92 Å². The predicted octanol–water partition coefficient (Wildman–Crippen LogP) is 2.64. The van der Waals surface area contributed by atoms with Crippen LogP contribution < -0.4 is 10.6 Å². The zero-order valence-corrected chi connectivity index (χ0v) is 20.5. The van der Waals surface area contributed by atoms with E-state index >= 15 is 0 Å². The molecule has 1 aliphatic rings. The summed E-state index contributed by atoms with van der Waals surface area (Å²) in [6, 6.07) is 0. The molecule has 0 unspecified atom stereocenters. The Morgan fingerprint density at radius 1 is 1.00 bits per heavy atom. The summed E-state index contributed by atoms with van der Waals surface area (Å²) in [5, 5.41) is 6.78. The number of halogens is 1. The molecule has 0 aromatic rings. The van der Waals surface area contributed by atoms with Gasteiger partial charge < -0.3 is 25.2 Å². The van der Waals surface area contributed by atoms with Gasteiger partial charge in [-0.15, -0.1) is 24.0 Å². The molecule has 1 aliphatic heterocycles. The van der Waals surface area contributed by atoms with E-state index in [-0.39, 0.29) is 24.0 Å². The lowest BCUT2D eigenvalue weighted by Crippen LogP contribution is -2.46. The minimum Gasteiger partial charge on any atom is -0.381 e. The van der Waals surface area contributed by atoms with Crippen LogP contribution in [0.25, 0.3) is 0 Å². The highest BCUT2D eigenvalue weighted by molar-refractivity contribution is 14.0. The van der Waals surface area contributed by atoms with Gasteiger partial charge in [-0.05, 0) is 45.2 Å². The van der Waals surface area contributed by atoms with E-state index in [0.29, 0.717) is 5.92 Å². The van der Waals surface area contributed by atoms with Crippen molar-refractivity contribution in [1.29, 1.82) is 0 Å². The highest BCUT2D eigenvalue weighted by Gasteiger charge is 2.14. The van der Waals surface area contributed by atoms with Crippen LogP contribution in [0.1, 0.15) is 47.0 Å². The zero-order chi connectivity index (χ0) is 19.0. The van der Waals surface area contributed by atoms with Gasteiger partial charge in [0.15, 0.2) is 5.96 Å². The van der Waals surface area contributed by atoms with E-state index in [1.807, 2.05) is 0 Å². The van der Waals surface area contributed by atoms with Crippen molar-refractivity contribution in [3.63, 3.8) is 0 Å². The number of hydrogen-bond acceptors (Lipinski definition) is 4. The van der Waals surface area contributed by atoms with E-state index in [4.69, 9.17) is 4.74 Å². The minimum absolute atomic E-state index is 0. The normalized spacial score (nSPS) is 16.4. The second kappa shape index (κ2) is 17.9. The number of ether oxygens (including phenoxy) is 1. The van der Waals surface area contributed by atoms with Crippen LogP contribution in [-0.4, -0.2) is 87.9 Å². The molecule has 1 fully saturated rings. The fraction of sp³-hybridized carbons (Fsp3) is 0.950. The lowest BCUT2D eigenvalue weighted by atomic mass is 10.2. The molecule has 6 nitrogen and oxygen atoms in total. The number of rotatable bonds is 13. The second-order valence-electron chi connectivity index (χ2n) is 7.49. The maximum Gasteiger partial charge on any atom is 0.191 e. The Kier molecular flexibility index (Phi) is 17.9. The third kappa shape index (κ3) is 14.5. The van der Waals surface area contributed by atoms with E-state index in [2.05, 4.69) is 53.1 Å². The van der Waals surface area contributed by atoms with E-state index in [1.165, 1.54) is 52.1 Å². The molecule has 0 radical (unpaired) electrons. The molecule has 162 valence electrons. The fourth-order valence-corrected chi connectivity index (χ4v) is 3.01. The molecule has 2 N–H and O–H groups in total. The smallest absolute Gasteiger partial charge is 0.191 e. The highest BCUT2D eigenvalue weighted by Crippen LogP contribution is 2.02. The summed E-state index contributed by atoms with van der Waals surface area (Å²) in [5.74, 6) is 1.54. The molecular formula is C20H44IN5O. The van der Waals surface area contributed by atoms with Gasteiger partial charge in [-0.1, -0.05) is 20.8 Å². The van der Waals surface area contributed by atoms with E-state index in [1.54, 1.807) is 0 Å². The van der Waals surface area contributed by atoms with E-state index < -0.39 is 0 Å². The van der Waals surface area contributed by atoms with Gasteiger partial charge in [0.2, 0.25) is 0 Å². The Labute approximate surface area is 184 Å². The second-order valence-corrected chi connectivity index (χ2v) is 7.49.